The lowest BCUT2D eigenvalue weighted by molar-refractivity contribution is -0.445. The van der Waals surface area contributed by atoms with Crippen molar-refractivity contribution >= 4 is 17.3 Å². The van der Waals surface area contributed by atoms with Crippen molar-refractivity contribution in [3.63, 3.8) is 0 Å². The van der Waals surface area contributed by atoms with Gasteiger partial charge in [-0.2, -0.15) is 0 Å². The molecule has 19 heavy (non-hydrogen) atoms. The van der Waals surface area contributed by atoms with Gasteiger partial charge in [0, 0.05) is 29.8 Å². The Morgan fingerprint density at radius 3 is 2.21 bits per heavy atom. The molecule has 1 amide bonds. The molecule has 0 bridgehead atoms. The van der Waals surface area contributed by atoms with E-state index in [0.29, 0.717) is 0 Å². The molecule has 2 N–H and O–H groups in total. The zero-order chi connectivity index (χ0) is 14.6. The van der Waals surface area contributed by atoms with Crippen LogP contribution < -0.4 is 10.6 Å². The number of benzene rings is 1. The van der Waals surface area contributed by atoms with Crippen LogP contribution in [-0.2, 0) is 0 Å². The predicted molar refractivity (Wildman–Crippen MR) is 66.7 cm³/mol. The molecule has 102 valence electrons. The van der Waals surface area contributed by atoms with Gasteiger partial charge >= 0.3 is 0 Å². The second-order valence-corrected chi connectivity index (χ2v) is 3.75. The Morgan fingerprint density at radius 1 is 1.32 bits per heavy atom. The van der Waals surface area contributed by atoms with E-state index in [9.17, 15) is 14.9 Å². The van der Waals surface area contributed by atoms with E-state index in [2.05, 4.69) is 0 Å². The maximum Gasteiger partial charge on any atom is 0.282 e. The second kappa shape index (κ2) is 5.76. The van der Waals surface area contributed by atoms with Crippen LogP contribution in [-0.4, -0.2) is 35.9 Å². The van der Waals surface area contributed by atoms with E-state index < -0.39 is 15.8 Å². The van der Waals surface area contributed by atoms with Gasteiger partial charge in [0.25, 0.3) is 11.6 Å². The first-order valence-corrected chi connectivity index (χ1v) is 5.24. The van der Waals surface area contributed by atoms with Gasteiger partial charge < -0.3 is 10.6 Å². The van der Waals surface area contributed by atoms with Crippen LogP contribution in [0.1, 0.15) is 10.4 Å². The van der Waals surface area contributed by atoms with Gasteiger partial charge in [-0.15, -0.1) is 0 Å². The van der Waals surface area contributed by atoms with Gasteiger partial charge in [0.1, 0.15) is 5.56 Å². The fourth-order valence-corrected chi connectivity index (χ4v) is 1.39. The fraction of sp³-hybridized carbons (Fsp3) is 0.300. The Bertz CT molecular complexity index is 523. The summed E-state index contributed by atoms with van der Waals surface area (Å²) in [5, 5.41) is 19.4. The molecule has 0 aliphatic carbocycles. The largest absolute Gasteiger partial charge is 0.368 e. The van der Waals surface area contributed by atoms with E-state index in [4.69, 9.17) is 15.8 Å². The van der Waals surface area contributed by atoms with Gasteiger partial charge in [-0.05, 0) is 12.1 Å². The van der Waals surface area contributed by atoms with Crippen molar-refractivity contribution in [2.75, 3.05) is 25.0 Å². The van der Waals surface area contributed by atoms with Gasteiger partial charge in [0.15, 0.2) is 7.05 Å². The van der Waals surface area contributed by atoms with Gasteiger partial charge in [-0.1, -0.05) is 0 Å². The summed E-state index contributed by atoms with van der Waals surface area (Å²) >= 11 is 0. The summed E-state index contributed by atoms with van der Waals surface area (Å²) in [5.74, 6) is -0.773. The Kier molecular flexibility index (Phi) is 4.35. The maximum absolute atomic E-state index is 11.0. The molecule has 0 spiro atoms. The molecule has 0 aromatic heterocycles. The average Bonchev–Trinajstić information content (AvgIpc) is 3.11. The third-order valence-electron chi connectivity index (χ3n) is 2.25. The number of carbonyl (C=O) groups is 1. The summed E-state index contributed by atoms with van der Waals surface area (Å²) in [6.45, 7) is 1.83. The van der Waals surface area contributed by atoms with Crippen LogP contribution in [0.3, 0.4) is 0 Å². The molecule has 1 fully saturated rings. The summed E-state index contributed by atoms with van der Waals surface area (Å²) in [6, 6.07) is 4.40. The number of amides is 1. The van der Waals surface area contributed by atoms with Crippen molar-refractivity contribution in [1.82, 2.24) is 0 Å². The zero-order valence-corrected chi connectivity index (χ0v) is 10.1. The van der Waals surface area contributed by atoms with Crippen molar-refractivity contribution in [2.24, 2.45) is 5.73 Å². The van der Waals surface area contributed by atoms with E-state index in [-0.39, 0.29) is 11.3 Å². The van der Waals surface area contributed by atoms with Gasteiger partial charge in [0.2, 0.25) is 0 Å². The highest BCUT2D eigenvalue weighted by atomic mass is 16.6. The molecule has 0 saturated carbocycles. The first kappa shape index (κ1) is 14.4. The molecule has 1 aromatic carbocycles. The van der Waals surface area contributed by atoms with Crippen LogP contribution in [0.25, 0.3) is 0 Å². The van der Waals surface area contributed by atoms with Crippen LogP contribution in [0.15, 0.2) is 18.2 Å². The van der Waals surface area contributed by atoms with Crippen LogP contribution in [0.4, 0.5) is 11.4 Å². The molecular formula is C10H12N4O5. The molecule has 1 aromatic rings. The molecule has 0 atom stereocenters. The smallest absolute Gasteiger partial charge is 0.282 e. The average molecular weight is 268 g/mol. The van der Waals surface area contributed by atoms with Crippen molar-refractivity contribution in [3.05, 3.63) is 44.0 Å². The lowest BCUT2D eigenvalue weighted by Gasteiger charge is -2.04. The Labute approximate surface area is 107 Å². The number of nitrogens with zero attached hydrogens (tertiary/aromatic N) is 3. The van der Waals surface area contributed by atoms with Crippen molar-refractivity contribution < 1.29 is 14.6 Å². The lowest BCUT2D eigenvalue weighted by Crippen LogP contribution is -2.13. The normalized spacial score (nSPS) is 12.2. The molecule has 1 heterocycles. The minimum absolute atomic E-state index is 0.0376. The van der Waals surface area contributed by atoms with Crippen LogP contribution in [0, 0.1) is 20.2 Å². The standard InChI is InChI=1S/C9H9N3O3.CH3NO2/c10-9(13)7-5-6(11-3-4-11)1-2-8(7)12(14)15;1-2(3)4/h1-2,5H,3-4H2,(H2,10,13);1H3. The number of nitrogens with two attached hydrogens (primary N) is 1. The first-order valence-electron chi connectivity index (χ1n) is 5.24. The molecule has 9 nitrogen and oxygen atoms in total. The summed E-state index contributed by atoms with van der Waals surface area (Å²) in [4.78, 5) is 31.3. The minimum Gasteiger partial charge on any atom is -0.368 e. The van der Waals surface area contributed by atoms with Crippen LogP contribution in [0.5, 0.6) is 0 Å². The molecular weight excluding hydrogens is 256 g/mol. The van der Waals surface area contributed by atoms with E-state index in [1.54, 1.807) is 6.07 Å². The number of primary amides is 1. The predicted octanol–water partition coefficient (Wildman–Crippen LogP) is 0.407. The number of carbonyl (C=O) groups excluding carboxylic acids is 1. The highest BCUT2D eigenvalue weighted by Crippen LogP contribution is 2.27. The quantitative estimate of drug-likeness (QED) is 0.479. The summed E-state index contributed by atoms with van der Waals surface area (Å²) in [5.41, 5.74) is 5.60. The van der Waals surface area contributed by atoms with Crippen molar-refractivity contribution in [3.8, 4) is 0 Å². The number of hydrogen-bond acceptors (Lipinski definition) is 6. The summed E-state index contributed by atoms with van der Waals surface area (Å²) in [7, 11) is 0.889. The monoisotopic (exact) mass is 268 g/mol. The molecule has 1 aliphatic rings. The van der Waals surface area contributed by atoms with Crippen LogP contribution in [0.2, 0.25) is 0 Å². The molecule has 1 aliphatic heterocycles. The molecule has 0 unspecified atom stereocenters. The van der Waals surface area contributed by atoms with Gasteiger partial charge in [-0.3, -0.25) is 25.0 Å². The minimum atomic E-state index is -0.773. The highest BCUT2D eigenvalue weighted by Gasteiger charge is 2.23. The third-order valence-corrected chi connectivity index (χ3v) is 2.25. The van der Waals surface area contributed by atoms with E-state index in [0.717, 1.165) is 25.8 Å². The van der Waals surface area contributed by atoms with Crippen molar-refractivity contribution in [2.45, 2.75) is 0 Å². The molecule has 1 saturated heterocycles. The number of rotatable bonds is 3. The number of nitro groups is 2. The van der Waals surface area contributed by atoms with E-state index >= 15 is 0 Å². The van der Waals surface area contributed by atoms with Crippen LogP contribution >= 0.6 is 0 Å². The SMILES string of the molecule is C[N+](=O)[O-].NC(=O)c1cc(N2CC2)ccc1[N+](=O)[O-]. The maximum atomic E-state index is 11.0. The van der Waals surface area contributed by atoms with Crippen molar-refractivity contribution in [1.29, 1.82) is 0 Å². The Morgan fingerprint density at radius 2 is 1.84 bits per heavy atom. The number of anilines is 1. The Balaban J connectivity index is 0.000000399. The lowest BCUT2D eigenvalue weighted by atomic mass is 10.1. The third kappa shape index (κ3) is 4.22. The Hall–Kier alpha value is -2.71. The van der Waals surface area contributed by atoms with E-state index in [1.807, 2.05) is 4.90 Å². The zero-order valence-electron chi connectivity index (χ0n) is 10.1. The molecule has 2 rings (SSSR count). The van der Waals surface area contributed by atoms with Gasteiger partial charge in [0.05, 0.1) is 4.92 Å². The van der Waals surface area contributed by atoms with Gasteiger partial charge in [-0.25, -0.2) is 0 Å². The highest BCUT2D eigenvalue weighted by molar-refractivity contribution is 5.98. The first-order chi connectivity index (χ1) is 8.82. The number of hydrogen-bond donors (Lipinski definition) is 1. The topological polar surface area (TPSA) is 132 Å². The summed E-state index contributed by atoms with van der Waals surface area (Å²) in [6.07, 6.45) is 0. The number of nitro benzene ring substituents is 1. The summed E-state index contributed by atoms with van der Waals surface area (Å²) < 4.78 is 0. The molecule has 0 radical (unpaired) electrons. The fourth-order valence-electron chi connectivity index (χ4n) is 1.39. The molecule has 9 heteroatoms. The van der Waals surface area contributed by atoms with E-state index in [1.165, 1.54) is 12.1 Å². The second-order valence-electron chi connectivity index (χ2n) is 3.75.